The molecule has 2 aromatic carbocycles. The van der Waals surface area contributed by atoms with Gasteiger partial charge < -0.3 is 14.0 Å². The highest BCUT2D eigenvalue weighted by Crippen LogP contribution is 2.21. The maximum atomic E-state index is 12.7. The number of amides is 1. The molecule has 0 N–H and O–H groups in total. The van der Waals surface area contributed by atoms with Gasteiger partial charge >= 0.3 is 11.9 Å². The minimum absolute atomic E-state index is 0.0931. The van der Waals surface area contributed by atoms with Crippen LogP contribution in [0.1, 0.15) is 34.6 Å². The third-order valence-corrected chi connectivity index (χ3v) is 6.11. The van der Waals surface area contributed by atoms with Crippen molar-refractivity contribution in [1.29, 1.82) is 0 Å². The molecule has 3 rings (SSSR count). The van der Waals surface area contributed by atoms with Gasteiger partial charge in [-0.1, -0.05) is 11.3 Å². The Balaban J connectivity index is 2.07. The van der Waals surface area contributed by atoms with Crippen LogP contribution in [0.4, 0.5) is 0 Å². The van der Waals surface area contributed by atoms with Crippen molar-refractivity contribution < 1.29 is 23.9 Å². The van der Waals surface area contributed by atoms with E-state index in [1.165, 1.54) is 11.3 Å². The number of ether oxygens (including phenoxy) is 2. The monoisotopic (exact) mass is 458 g/mol. The molecule has 1 heterocycles. The first-order valence-electron chi connectivity index (χ1n) is 9.66. The van der Waals surface area contributed by atoms with Gasteiger partial charge in [0.25, 0.3) is 5.91 Å². The van der Waals surface area contributed by atoms with E-state index in [9.17, 15) is 14.4 Å². The van der Waals surface area contributed by atoms with E-state index in [2.05, 4.69) is 4.99 Å². The van der Waals surface area contributed by atoms with Crippen LogP contribution < -0.4 is 4.80 Å². The van der Waals surface area contributed by atoms with Crippen molar-refractivity contribution in [3.8, 4) is 0 Å². The highest BCUT2D eigenvalue weighted by molar-refractivity contribution is 7.98. The van der Waals surface area contributed by atoms with Gasteiger partial charge in [0, 0.05) is 10.5 Å². The SMILES string of the molecule is CCOC(=O)Cn1c(=NC(=O)c2ccc(SC)cc2)sc2cc(C(=O)OCC)ccc21. The van der Waals surface area contributed by atoms with Crippen LogP contribution in [0.15, 0.2) is 52.4 Å². The smallest absolute Gasteiger partial charge is 0.338 e. The zero-order valence-electron chi connectivity index (χ0n) is 17.4. The molecule has 0 unspecified atom stereocenters. The fraction of sp³-hybridized carbons (Fsp3) is 0.273. The van der Waals surface area contributed by atoms with E-state index in [4.69, 9.17) is 9.47 Å². The Bertz CT molecular complexity index is 1180. The van der Waals surface area contributed by atoms with Crippen molar-refractivity contribution in [3.05, 3.63) is 58.4 Å². The maximum Gasteiger partial charge on any atom is 0.338 e. The van der Waals surface area contributed by atoms with Crippen molar-refractivity contribution in [3.63, 3.8) is 0 Å². The quantitative estimate of drug-likeness (QED) is 0.394. The van der Waals surface area contributed by atoms with Crippen molar-refractivity contribution in [2.45, 2.75) is 25.3 Å². The van der Waals surface area contributed by atoms with Crippen LogP contribution in [0.3, 0.4) is 0 Å². The zero-order valence-corrected chi connectivity index (χ0v) is 19.0. The second kappa shape index (κ2) is 10.4. The van der Waals surface area contributed by atoms with E-state index in [-0.39, 0.29) is 19.8 Å². The standard InChI is InChI=1S/C22H22N2O5S2/c1-4-28-19(25)13-24-17-11-8-15(21(27)29-5-2)12-18(17)31-22(24)23-20(26)14-6-9-16(30-3)10-7-14/h6-12H,4-5,13H2,1-3H3. The lowest BCUT2D eigenvalue weighted by atomic mass is 10.2. The molecule has 0 saturated heterocycles. The molecule has 0 saturated carbocycles. The Morgan fingerprint density at radius 2 is 1.68 bits per heavy atom. The molecular weight excluding hydrogens is 436 g/mol. The molecule has 0 spiro atoms. The van der Waals surface area contributed by atoms with Crippen molar-refractivity contribution >= 4 is 51.2 Å². The molecule has 0 bridgehead atoms. The Morgan fingerprint density at radius 3 is 2.32 bits per heavy atom. The number of carbonyl (C=O) groups is 3. The van der Waals surface area contributed by atoms with Crippen molar-refractivity contribution in [2.75, 3.05) is 19.5 Å². The van der Waals surface area contributed by atoms with Crippen LogP contribution in [-0.2, 0) is 20.8 Å². The second-order valence-corrected chi connectivity index (χ2v) is 8.21. The topological polar surface area (TPSA) is 87.0 Å². The number of benzene rings is 2. The average Bonchev–Trinajstić information content (AvgIpc) is 3.10. The Morgan fingerprint density at radius 1 is 1.00 bits per heavy atom. The Hall–Kier alpha value is -2.91. The van der Waals surface area contributed by atoms with Crippen LogP contribution >= 0.6 is 23.1 Å². The molecule has 162 valence electrons. The summed E-state index contributed by atoms with van der Waals surface area (Å²) in [6.07, 6.45) is 1.96. The lowest BCUT2D eigenvalue weighted by Crippen LogP contribution is -2.23. The van der Waals surface area contributed by atoms with E-state index in [0.29, 0.717) is 26.1 Å². The molecule has 0 aliphatic carbocycles. The lowest BCUT2D eigenvalue weighted by Gasteiger charge is -2.06. The van der Waals surface area contributed by atoms with Crippen LogP contribution in [0.25, 0.3) is 10.2 Å². The van der Waals surface area contributed by atoms with E-state index in [1.807, 2.05) is 18.4 Å². The highest BCUT2D eigenvalue weighted by Gasteiger charge is 2.15. The number of aromatic nitrogens is 1. The number of nitrogens with zero attached hydrogens (tertiary/aromatic N) is 2. The van der Waals surface area contributed by atoms with Gasteiger partial charge in [-0.05, 0) is 62.6 Å². The molecule has 0 fully saturated rings. The number of hydrogen-bond acceptors (Lipinski definition) is 7. The summed E-state index contributed by atoms with van der Waals surface area (Å²) in [5.74, 6) is -1.28. The van der Waals surface area contributed by atoms with Gasteiger partial charge in [0.1, 0.15) is 6.54 Å². The molecule has 0 atom stereocenters. The summed E-state index contributed by atoms with van der Waals surface area (Å²) in [6, 6.07) is 12.2. The van der Waals surface area contributed by atoms with Gasteiger partial charge in [0.2, 0.25) is 0 Å². The molecule has 0 radical (unpaired) electrons. The van der Waals surface area contributed by atoms with E-state index < -0.39 is 17.8 Å². The lowest BCUT2D eigenvalue weighted by molar-refractivity contribution is -0.143. The molecule has 1 amide bonds. The number of esters is 2. The predicted octanol–water partition coefficient (Wildman–Crippen LogP) is 3.91. The summed E-state index contributed by atoms with van der Waals surface area (Å²) in [5.41, 5.74) is 1.52. The average molecular weight is 459 g/mol. The Labute approximate surface area is 187 Å². The maximum absolute atomic E-state index is 12.7. The Kier molecular flexibility index (Phi) is 7.64. The van der Waals surface area contributed by atoms with Gasteiger partial charge in [-0.15, -0.1) is 11.8 Å². The summed E-state index contributed by atoms with van der Waals surface area (Å²) in [4.78, 5) is 42.6. The molecular formula is C22H22N2O5S2. The first kappa shape index (κ1) is 22.8. The summed E-state index contributed by atoms with van der Waals surface area (Å²) in [7, 11) is 0. The van der Waals surface area contributed by atoms with Gasteiger partial charge in [-0.2, -0.15) is 4.99 Å². The second-order valence-electron chi connectivity index (χ2n) is 6.32. The van der Waals surface area contributed by atoms with E-state index in [0.717, 1.165) is 4.90 Å². The van der Waals surface area contributed by atoms with Gasteiger partial charge in [0.15, 0.2) is 4.80 Å². The summed E-state index contributed by atoms with van der Waals surface area (Å²) in [6.45, 7) is 3.90. The normalized spacial score (nSPS) is 11.5. The summed E-state index contributed by atoms with van der Waals surface area (Å²) >= 11 is 2.80. The molecule has 7 nitrogen and oxygen atoms in total. The van der Waals surface area contributed by atoms with E-state index in [1.54, 1.807) is 60.5 Å². The van der Waals surface area contributed by atoms with Crippen LogP contribution in [0.2, 0.25) is 0 Å². The van der Waals surface area contributed by atoms with Gasteiger partial charge in [0.05, 0.1) is 29.0 Å². The summed E-state index contributed by atoms with van der Waals surface area (Å²) < 4.78 is 12.5. The number of rotatable bonds is 7. The number of thiazole rings is 1. The number of fused-ring (bicyclic) bond motifs is 1. The number of thioether (sulfide) groups is 1. The fourth-order valence-corrected chi connectivity index (χ4v) is 4.35. The van der Waals surface area contributed by atoms with Gasteiger partial charge in [-0.25, -0.2) is 4.79 Å². The van der Waals surface area contributed by atoms with Crippen molar-refractivity contribution in [2.24, 2.45) is 4.99 Å². The third kappa shape index (κ3) is 5.42. The van der Waals surface area contributed by atoms with E-state index >= 15 is 0 Å². The largest absolute Gasteiger partial charge is 0.465 e. The number of carbonyl (C=O) groups excluding carboxylic acids is 3. The third-order valence-electron chi connectivity index (χ3n) is 4.32. The summed E-state index contributed by atoms with van der Waals surface area (Å²) in [5, 5.41) is 0. The van der Waals surface area contributed by atoms with Crippen molar-refractivity contribution in [1.82, 2.24) is 4.57 Å². The molecule has 3 aromatic rings. The zero-order chi connectivity index (χ0) is 22.4. The van der Waals surface area contributed by atoms with Gasteiger partial charge in [-0.3, -0.25) is 9.59 Å². The molecule has 0 aliphatic rings. The molecule has 31 heavy (non-hydrogen) atoms. The molecule has 9 heteroatoms. The predicted molar refractivity (Wildman–Crippen MR) is 121 cm³/mol. The van der Waals surface area contributed by atoms with Crippen LogP contribution in [-0.4, -0.2) is 41.9 Å². The highest BCUT2D eigenvalue weighted by atomic mass is 32.2. The minimum Gasteiger partial charge on any atom is -0.465 e. The van der Waals surface area contributed by atoms with Crippen LogP contribution in [0, 0.1) is 0 Å². The first-order chi connectivity index (χ1) is 15.0. The molecule has 0 aliphatic heterocycles. The fourth-order valence-electron chi connectivity index (χ4n) is 2.87. The first-order valence-corrected chi connectivity index (χ1v) is 11.7. The number of hydrogen-bond donors (Lipinski definition) is 0. The molecule has 1 aromatic heterocycles. The van der Waals surface area contributed by atoms with Crippen LogP contribution in [0.5, 0.6) is 0 Å². The minimum atomic E-state index is -0.435.